The highest BCUT2D eigenvalue weighted by molar-refractivity contribution is 5.87. The number of carbonyl (C=O) groups excluding carboxylic acids is 1. The second-order valence-electron chi connectivity index (χ2n) is 6.48. The SMILES string of the molecule is C[C@@H](OC(=O)c1ccc(-c2ccc([N+](=O)[O-])cc2)o1)c1nc2ccccc2c(=O)[nH]1. The van der Waals surface area contributed by atoms with Gasteiger partial charge in [-0.05, 0) is 43.3 Å². The van der Waals surface area contributed by atoms with E-state index in [-0.39, 0.29) is 22.8 Å². The molecule has 1 N–H and O–H groups in total. The number of hydrogen-bond acceptors (Lipinski definition) is 7. The highest BCUT2D eigenvalue weighted by Crippen LogP contribution is 2.26. The average Bonchev–Trinajstić information content (AvgIpc) is 3.24. The lowest BCUT2D eigenvalue weighted by atomic mass is 10.1. The number of nitro groups is 1. The third-order valence-electron chi connectivity index (χ3n) is 4.47. The number of benzene rings is 2. The molecule has 0 aliphatic carbocycles. The van der Waals surface area contributed by atoms with Gasteiger partial charge in [-0.3, -0.25) is 14.9 Å². The predicted molar refractivity (Wildman–Crippen MR) is 107 cm³/mol. The van der Waals surface area contributed by atoms with Crippen molar-refractivity contribution in [2.45, 2.75) is 13.0 Å². The maximum absolute atomic E-state index is 12.4. The number of aromatic amines is 1. The van der Waals surface area contributed by atoms with Crippen molar-refractivity contribution in [2.75, 3.05) is 0 Å². The van der Waals surface area contributed by atoms with Gasteiger partial charge in [0.2, 0.25) is 5.76 Å². The molecule has 30 heavy (non-hydrogen) atoms. The number of carbonyl (C=O) groups is 1. The average molecular weight is 405 g/mol. The van der Waals surface area contributed by atoms with Gasteiger partial charge in [-0.15, -0.1) is 0 Å². The van der Waals surface area contributed by atoms with Crippen molar-refractivity contribution >= 4 is 22.6 Å². The summed E-state index contributed by atoms with van der Waals surface area (Å²) in [5, 5.41) is 11.2. The summed E-state index contributed by atoms with van der Waals surface area (Å²) in [4.78, 5) is 41.8. The van der Waals surface area contributed by atoms with Crippen molar-refractivity contribution in [3.05, 3.63) is 92.7 Å². The van der Waals surface area contributed by atoms with Gasteiger partial charge >= 0.3 is 5.97 Å². The fourth-order valence-corrected chi connectivity index (χ4v) is 2.92. The second kappa shape index (κ2) is 7.63. The molecule has 0 spiro atoms. The Kier molecular flexibility index (Phi) is 4.85. The molecule has 4 rings (SSSR count). The topological polar surface area (TPSA) is 128 Å². The summed E-state index contributed by atoms with van der Waals surface area (Å²) in [7, 11) is 0. The first-order valence-corrected chi connectivity index (χ1v) is 8.97. The number of nitrogens with zero attached hydrogens (tertiary/aromatic N) is 2. The van der Waals surface area contributed by atoms with Gasteiger partial charge in [0, 0.05) is 17.7 Å². The van der Waals surface area contributed by atoms with E-state index in [1.54, 1.807) is 37.3 Å². The zero-order chi connectivity index (χ0) is 21.3. The summed E-state index contributed by atoms with van der Waals surface area (Å²) in [6.45, 7) is 1.59. The summed E-state index contributed by atoms with van der Waals surface area (Å²) < 4.78 is 10.9. The number of nitrogens with one attached hydrogen (secondary N) is 1. The van der Waals surface area contributed by atoms with Crippen molar-refractivity contribution in [1.82, 2.24) is 9.97 Å². The Morgan fingerprint density at radius 3 is 2.60 bits per heavy atom. The predicted octanol–water partition coefficient (Wildman–Crippen LogP) is 4.01. The van der Waals surface area contributed by atoms with Crippen LogP contribution in [0, 0.1) is 10.1 Å². The first-order valence-electron chi connectivity index (χ1n) is 8.97. The number of furan rings is 1. The standard InChI is InChI=1S/C21H15N3O6/c1-12(19-22-16-5-3-2-4-15(16)20(25)23-19)29-21(26)18-11-10-17(30-18)13-6-8-14(9-7-13)24(27)28/h2-12H,1H3,(H,22,23,25)/t12-/m1/s1. The van der Waals surface area contributed by atoms with Crippen LogP contribution >= 0.6 is 0 Å². The van der Waals surface area contributed by atoms with Crippen molar-refractivity contribution in [2.24, 2.45) is 0 Å². The minimum Gasteiger partial charge on any atom is -0.449 e. The Bertz CT molecular complexity index is 1310. The number of H-pyrrole nitrogens is 1. The van der Waals surface area contributed by atoms with Crippen molar-refractivity contribution in [3.8, 4) is 11.3 Å². The van der Waals surface area contributed by atoms with Crippen LogP contribution in [0.4, 0.5) is 5.69 Å². The first-order chi connectivity index (χ1) is 14.4. The van der Waals surface area contributed by atoms with Gasteiger partial charge in [-0.25, -0.2) is 9.78 Å². The van der Waals surface area contributed by atoms with Crippen LogP contribution in [-0.4, -0.2) is 20.9 Å². The summed E-state index contributed by atoms with van der Waals surface area (Å²) in [5.74, 6) is -0.194. The van der Waals surface area contributed by atoms with E-state index in [1.165, 1.54) is 30.3 Å². The smallest absolute Gasteiger partial charge is 0.374 e. The summed E-state index contributed by atoms with van der Waals surface area (Å²) >= 11 is 0. The number of hydrogen-bond donors (Lipinski definition) is 1. The van der Waals surface area contributed by atoms with E-state index in [0.29, 0.717) is 22.2 Å². The van der Waals surface area contributed by atoms with Crippen LogP contribution in [0.15, 0.2) is 69.9 Å². The molecule has 4 aromatic rings. The van der Waals surface area contributed by atoms with Gasteiger partial charge in [0.1, 0.15) is 5.76 Å². The molecular formula is C21H15N3O6. The van der Waals surface area contributed by atoms with Gasteiger partial charge in [0.15, 0.2) is 11.9 Å². The molecule has 0 saturated carbocycles. The molecule has 0 radical (unpaired) electrons. The molecule has 0 fully saturated rings. The largest absolute Gasteiger partial charge is 0.449 e. The maximum atomic E-state index is 12.4. The van der Waals surface area contributed by atoms with E-state index >= 15 is 0 Å². The first kappa shape index (κ1) is 19.1. The van der Waals surface area contributed by atoms with Crippen LogP contribution in [-0.2, 0) is 4.74 Å². The molecule has 2 heterocycles. The molecule has 2 aromatic carbocycles. The fraction of sp³-hybridized carbons (Fsp3) is 0.0952. The number of para-hydroxylation sites is 1. The lowest BCUT2D eigenvalue weighted by Crippen LogP contribution is -2.17. The van der Waals surface area contributed by atoms with Crippen LogP contribution in [0.3, 0.4) is 0 Å². The van der Waals surface area contributed by atoms with Crippen molar-refractivity contribution < 1.29 is 18.9 Å². The molecule has 0 unspecified atom stereocenters. The third-order valence-corrected chi connectivity index (χ3v) is 4.47. The normalized spacial score (nSPS) is 11.9. The molecule has 0 bridgehead atoms. The van der Waals surface area contributed by atoms with Crippen LogP contribution in [0.1, 0.15) is 29.4 Å². The molecule has 150 valence electrons. The Balaban J connectivity index is 1.52. The highest BCUT2D eigenvalue weighted by Gasteiger charge is 2.20. The zero-order valence-corrected chi connectivity index (χ0v) is 15.7. The minimum absolute atomic E-state index is 0.0432. The number of esters is 1. The van der Waals surface area contributed by atoms with Crippen molar-refractivity contribution in [3.63, 3.8) is 0 Å². The number of aromatic nitrogens is 2. The van der Waals surface area contributed by atoms with E-state index in [4.69, 9.17) is 9.15 Å². The van der Waals surface area contributed by atoms with E-state index in [0.717, 1.165) is 0 Å². The highest BCUT2D eigenvalue weighted by atomic mass is 16.6. The summed E-state index contributed by atoms with van der Waals surface area (Å²) in [6, 6.07) is 15.6. The molecule has 9 nitrogen and oxygen atoms in total. The lowest BCUT2D eigenvalue weighted by molar-refractivity contribution is -0.384. The van der Waals surface area contributed by atoms with Gasteiger partial charge < -0.3 is 14.1 Å². The van der Waals surface area contributed by atoms with Gasteiger partial charge in [-0.1, -0.05) is 12.1 Å². The van der Waals surface area contributed by atoms with Gasteiger partial charge in [0.05, 0.1) is 15.8 Å². The minimum atomic E-state index is -0.817. The van der Waals surface area contributed by atoms with Gasteiger partial charge in [-0.2, -0.15) is 0 Å². The maximum Gasteiger partial charge on any atom is 0.374 e. The Hall–Kier alpha value is -4.27. The lowest BCUT2D eigenvalue weighted by Gasteiger charge is -2.12. The molecule has 0 amide bonds. The Labute approximate surface area is 169 Å². The van der Waals surface area contributed by atoms with E-state index in [9.17, 15) is 19.7 Å². The number of ether oxygens (including phenoxy) is 1. The number of nitro benzene ring substituents is 1. The molecule has 9 heteroatoms. The van der Waals surface area contributed by atoms with Gasteiger partial charge in [0.25, 0.3) is 11.2 Å². The monoisotopic (exact) mass is 405 g/mol. The number of rotatable bonds is 5. The van der Waals surface area contributed by atoms with Crippen LogP contribution in [0.5, 0.6) is 0 Å². The number of fused-ring (bicyclic) bond motifs is 1. The molecule has 0 aliphatic rings. The van der Waals surface area contributed by atoms with E-state index < -0.39 is 17.0 Å². The van der Waals surface area contributed by atoms with E-state index in [1.807, 2.05) is 0 Å². The summed E-state index contributed by atoms with van der Waals surface area (Å²) in [6.07, 6.45) is -0.817. The fourth-order valence-electron chi connectivity index (χ4n) is 2.92. The van der Waals surface area contributed by atoms with Crippen molar-refractivity contribution in [1.29, 1.82) is 0 Å². The van der Waals surface area contributed by atoms with E-state index in [2.05, 4.69) is 9.97 Å². The Morgan fingerprint density at radius 2 is 1.87 bits per heavy atom. The number of non-ortho nitro benzene ring substituents is 1. The van der Waals surface area contributed by atoms with Crippen LogP contribution in [0.25, 0.3) is 22.2 Å². The summed E-state index contributed by atoms with van der Waals surface area (Å²) in [5.41, 5.74) is 0.707. The quantitative estimate of drug-likeness (QED) is 0.302. The van der Waals surface area contributed by atoms with Crippen LogP contribution < -0.4 is 5.56 Å². The molecule has 2 aromatic heterocycles. The molecule has 0 aliphatic heterocycles. The van der Waals surface area contributed by atoms with Crippen LogP contribution in [0.2, 0.25) is 0 Å². The zero-order valence-electron chi connectivity index (χ0n) is 15.7. The molecule has 1 atom stereocenters. The molecule has 0 saturated heterocycles. The third kappa shape index (κ3) is 3.68. The Morgan fingerprint density at radius 1 is 1.13 bits per heavy atom. The molecular weight excluding hydrogens is 390 g/mol. The second-order valence-corrected chi connectivity index (χ2v) is 6.48.